The fraction of sp³-hybridized carbons (Fsp3) is 0.148. The summed E-state index contributed by atoms with van der Waals surface area (Å²) in [5.41, 5.74) is 0.895. The lowest BCUT2D eigenvalue weighted by molar-refractivity contribution is -0.129. The number of hydrogen-bond acceptors (Lipinski definition) is 9. The predicted molar refractivity (Wildman–Crippen MR) is 152 cm³/mol. The quantitative estimate of drug-likeness (QED) is 0.152. The first-order chi connectivity index (χ1) is 18.7. The van der Waals surface area contributed by atoms with Crippen LogP contribution < -0.4 is 23.7 Å². The van der Waals surface area contributed by atoms with Gasteiger partial charge in [0.2, 0.25) is 11.6 Å². The highest BCUT2D eigenvalue weighted by Crippen LogP contribution is 2.40. The summed E-state index contributed by atoms with van der Waals surface area (Å²) in [6.07, 6.45) is 1.44. The summed E-state index contributed by atoms with van der Waals surface area (Å²) in [5.74, 6) is 0.0793. The summed E-state index contributed by atoms with van der Waals surface area (Å²) in [7, 11) is 5.82. The zero-order valence-corrected chi connectivity index (χ0v) is 24.9. The molecule has 12 heteroatoms. The summed E-state index contributed by atoms with van der Waals surface area (Å²) >= 11 is 13.0. The molecule has 0 amide bonds. The molecule has 0 spiro atoms. The fourth-order valence-corrected chi connectivity index (χ4v) is 5.18. The Morgan fingerprint density at radius 2 is 1.56 bits per heavy atom. The highest BCUT2D eigenvalue weighted by molar-refractivity contribution is 9.11. The first-order valence-electron chi connectivity index (χ1n) is 11.1. The van der Waals surface area contributed by atoms with Crippen LogP contribution in [-0.2, 0) is 9.53 Å². The number of halogens is 3. The zero-order chi connectivity index (χ0) is 28.3. The molecule has 0 aliphatic carbocycles. The van der Waals surface area contributed by atoms with Gasteiger partial charge in [0.25, 0.3) is 0 Å². The van der Waals surface area contributed by atoms with E-state index in [-0.39, 0.29) is 34.4 Å². The first-order valence-corrected chi connectivity index (χ1v) is 13.0. The van der Waals surface area contributed by atoms with E-state index in [0.29, 0.717) is 36.6 Å². The molecule has 0 unspecified atom stereocenters. The normalized spacial score (nSPS) is 13.6. The molecule has 1 heterocycles. The molecular formula is C27H20Br2ClNO8. The number of rotatable bonds is 8. The summed E-state index contributed by atoms with van der Waals surface area (Å²) < 4.78 is 33.6. The minimum absolute atomic E-state index is 0.0237. The van der Waals surface area contributed by atoms with Crippen LogP contribution in [0, 0.1) is 0 Å². The maximum Gasteiger partial charge on any atom is 0.363 e. The second-order valence-corrected chi connectivity index (χ2v) is 10.00. The van der Waals surface area contributed by atoms with E-state index in [0.717, 1.165) is 0 Å². The maximum absolute atomic E-state index is 13.2. The third-order valence-electron chi connectivity index (χ3n) is 5.44. The van der Waals surface area contributed by atoms with Crippen molar-refractivity contribution in [3.8, 4) is 28.7 Å². The average molecular weight is 682 g/mol. The second kappa shape index (κ2) is 12.1. The minimum atomic E-state index is -0.709. The molecule has 3 aromatic rings. The van der Waals surface area contributed by atoms with E-state index in [4.69, 9.17) is 40.0 Å². The Kier molecular flexibility index (Phi) is 8.83. The van der Waals surface area contributed by atoms with Gasteiger partial charge in [-0.15, -0.1) is 0 Å². The SMILES string of the molecule is COc1ccc(Cl)cc1C1=N/C(=C\c2cc(Br)cc(Br)c2OC(=O)c2cc(OC)c(OC)c(OC)c2)C(=O)O1. The van der Waals surface area contributed by atoms with Gasteiger partial charge in [0.15, 0.2) is 22.9 Å². The molecule has 39 heavy (non-hydrogen) atoms. The van der Waals surface area contributed by atoms with Crippen LogP contribution >= 0.6 is 43.5 Å². The molecule has 0 radical (unpaired) electrons. The van der Waals surface area contributed by atoms with Crippen molar-refractivity contribution < 1.29 is 38.0 Å². The molecule has 0 saturated heterocycles. The molecule has 202 valence electrons. The van der Waals surface area contributed by atoms with E-state index in [1.54, 1.807) is 30.3 Å². The molecule has 0 saturated carbocycles. The van der Waals surface area contributed by atoms with Crippen molar-refractivity contribution in [3.63, 3.8) is 0 Å². The third-order valence-corrected chi connectivity index (χ3v) is 6.72. The molecule has 0 bridgehead atoms. The Hall–Kier alpha value is -3.54. The molecule has 3 aromatic carbocycles. The number of esters is 2. The van der Waals surface area contributed by atoms with Gasteiger partial charge in [0, 0.05) is 15.1 Å². The average Bonchev–Trinajstić information content (AvgIpc) is 3.29. The van der Waals surface area contributed by atoms with Crippen molar-refractivity contribution >= 4 is 67.4 Å². The molecule has 0 N–H and O–H groups in total. The van der Waals surface area contributed by atoms with Gasteiger partial charge in [0.05, 0.1) is 44.0 Å². The monoisotopic (exact) mass is 679 g/mol. The Morgan fingerprint density at radius 3 is 2.18 bits per heavy atom. The number of hydrogen-bond donors (Lipinski definition) is 0. The van der Waals surface area contributed by atoms with Gasteiger partial charge in [-0.3, -0.25) is 0 Å². The molecule has 1 aliphatic rings. The molecule has 4 rings (SSSR count). The molecule has 9 nitrogen and oxygen atoms in total. The highest BCUT2D eigenvalue weighted by atomic mass is 79.9. The number of cyclic esters (lactones) is 1. The van der Waals surface area contributed by atoms with Gasteiger partial charge >= 0.3 is 11.9 Å². The number of methoxy groups -OCH3 is 4. The summed E-state index contributed by atoms with van der Waals surface area (Å²) in [5, 5.41) is 0.416. The molecule has 1 aliphatic heterocycles. The van der Waals surface area contributed by atoms with Gasteiger partial charge in [-0.05, 0) is 64.5 Å². The largest absolute Gasteiger partial charge is 0.496 e. The second-order valence-electron chi connectivity index (χ2n) is 7.79. The Labute approximate surface area is 245 Å². The zero-order valence-electron chi connectivity index (χ0n) is 21.0. The van der Waals surface area contributed by atoms with Gasteiger partial charge in [-0.25, -0.2) is 14.6 Å². The van der Waals surface area contributed by atoms with Gasteiger partial charge < -0.3 is 28.4 Å². The van der Waals surface area contributed by atoms with Crippen molar-refractivity contribution in [2.24, 2.45) is 4.99 Å². The van der Waals surface area contributed by atoms with Crippen LogP contribution in [-0.4, -0.2) is 46.3 Å². The van der Waals surface area contributed by atoms with Crippen LogP contribution in [0.4, 0.5) is 0 Å². The van der Waals surface area contributed by atoms with Crippen LogP contribution in [0.2, 0.25) is 5.02 Å². The Balaban J connectivity index is 1.74. The van der Waals surface area contributed by atoms with Gasteiger partial charge in [-0.1, -0.05) is 27.5 Å². The first kappa shape index (κ1) is 28.5. The number of nitrogens with zero attached hydrogens (tertiary/aromatic N) is 1. The van der Waals surface area contributed by atoms with Gasteiger partial charge in [-0.2, -0.15) is 0 Å². The van der Waals surface area contributed by atoms with E-state index in [9.17, 15) is 9.59 Å². The number of aliphatic imine (C=N–C) groups is 1. The van der Waals surface area contributed by atoms with E-state index in [1.165, 1.54) is 46.6 Å². The van der Waals surface area contributed by atoms with Crippen LogP contribution in [0.25, 0.3) is 6.08 Å². The van der Waals surface area contributed by atoms with E-state index < -0.39 is 11.9 Å². The van der Waals surface area contributed by atoms with Crippen molar-refractivity contribution in [3.05, 3.63) is 78.8 Å². The summed E-state index contributed by atoms with van der Waals surface area (Å²) in [4.78, 5) is 30.3. The summed E-state index contributed by atoms with van der Waals surface area (Å²) in [6.45, 7) is 0. The fourth-order valence-electron chi connectivity index (χ4n) is 3.66. The molecule has 0 fully saturated rings. The Bertz CT molecular complexity index is 1510. The van der Waals surface area contributed by atoms with Gasteiger partial charge in [0.1, 0.15) is 5.75 Å². The Morgan fingerprint density at radius 1 is 0.897 bits per heavy atom. The van der Waals surface area contributed by atoms with Crippen LogP contribution in [0.3, 0.4) is 0 Å². The van der Waals surface area contributed by atoms with Crippen molar-refractivity contribution in [2.75, 3.05) is 28.4 Å². The lowest BCUT2D eigenvalue weighted by Crippen LogP contribution is -2.11. The lowest BCUT2D eigenvalue weighted by atomic mass is 10.1. The van der Waals surface area contributed by atoms with Crippen molar-refractivity contribution in [1.82, 2.24) is 0 Å². The standard InChI is InChI=1S/C27H20Br2ClNO8/c1-34-20-6-5-16(30)12-17(20)25-31-19(27(33)39-25)8-13-7-15(28)11-18(29)23(13)38-26(32)14-9-21(35-2)24(37-4)22(10-14)36-3/h5-12H,1-4H3/b19-8-. The predicted octanol–water partition coefficient (Wildman–Crippen LogP) is 6.46. The van der Waals surface area contributed by atoms with Crippen LogP contribution in [0.15, 0.2) is 62.1 Å². The maximum atomic E-state index is 13.2. The summed E-state index contributed by atoms with van der Waals surface area (Å²) in [6, 6.07) is 11.2. The van der Waals surface area contributed by atoms with Crippen LogP contribution in [0.1, 0.15) is 21.5 Å². The number of benzene rings is 3. The highest BCUT2D eigenvalue weighted by Gasteiger charge is 2.28. The number of ether oxygens (including phenoxy) is 6. The molecule has 0 aromatic heterocycles. The lowest BCUT2D eigenvalue weighted by Gasteiger charge is -2.15. The minimum Gasteiger partial charge on any atom is -0.496 e. The van der Waals surface area contributed by atoms with Crippen molar-refractivity contribution in [1.29, 1.82) is 0 Å². The van der Waals surface area contributed by atoms with E-state index in [1.807, 2.05) is 0 Å². The molecular weight excluding hydrogens is 662 g/mol. The third kappa shape index (κ3) is 6.05. The molecule has 0 atom stereocenters. The van der Waals surface area contributed by atoms with Crippen molar-refractivity contribution in [2.45, 2.75) is 0 Å². The topological polar surface area (TPSA) is 102 Å². The smallest absolute Gasteiger partial charge is 0.363 e. The van der Waals surface area contributed by atoms with Crippen LogP contribution in [0.5, 0.6) is 28.7 Å². The van der Waals surface area contributed by atoms with E-state index >= 15 is 0 Å². The van der Waals surface area contributed by atoms with E-state index in [2.05, 4.69) is 36.9 Å². The number of carbonyl (C=O) groups excluding carboxylic acids is 2. The number of carbonyl (C=O) groups is 2.